The van der Waals surface area contributed by atoms with E-state index in [-0.39, 0.29) is 0 Å². The molecule has 2 aromatic rings. The van der Waals surface area contributed by atoms with Gasteiger partial charge in [0.05, 0.1) is 6.10 Å². The molecule has 0 saturated carbocycles. The number of methoxy groups -OCH3 is 1. The van der Waals surface area contributed by atoms with Gasteiger partial charge in [0, 0.05) is 25.9 Å². The van der Waals surface area contributed by atoms with E-state index in [2.05, 4.69) is 9.88 Å². The van der Waals surface area contributed by atoms with Gasteiger partial charge in [-0.15, -0.1) is 0 Å². The van der Waals surface area contributed by atoms with Gasteiger partial charge in [-0.3, -0.25) is 0 Å². The largest absolute Gasteiger partial charge is 0.423 e. The minimum atomic E-state index is 0.362. The zero-order chi connectivity index (χ0) is 12.5. The van der Waals surface area contributed by atoms with Gasteiger partial charge in [0.25, 0.3) is 6.01 Å². The molecule has 0 aliphatic carbocycles. The van der Waals surface area contributed by atoms with Gasteiger partial charge in [0.2, 0.25) is 0 Å². The first kappa shape index (κ1) is 11.3. The quantitative estimate of drug-likeness (QED) is 0.822. The van der Waals surface area contributed by atoms with Crippen molar-refractivity contribution in [2.24, 2.45) is 0 Å². The van der Waals surface area contributed by atoms with Gasteiger partial charge in [-0.2, -0.15) is 4.98 Å². The van der Waals surface area contributed by atoms with Crippen molar-refractivity contribution in [2.75, 3.05) is 30.8 Å². The molecule has 1 aliphatic heterocycles. The van der Waals surface area contributed by atoms with Crippen molar-refractivity contribution in [3.8, 4) is 0 Å². The van der Waals surface area contributed by atoms with Crippen LogP contribution >= 0.6 is 0 Å². The first-order valence-electron chi connectivity index (χ1n) is 6.20. The molecule has 0 radical (unpaired) electrons. The molecule has 96 valence electrons. The fourth-order valence-electron chi connectivity index (χ4n) is 2.35. The Kier molecular flexibility index (Phi) is 2.83. The van der Waals surface area contributed by atoms with Crippen LogP contribution in [-0.2, 0) is 4.74 Å². The van der Waals surface area contributed by atoms with Gasteiger partial charge in [0.15, 0.2) is 5.58 Å². The minimum absolute atomic E-state index is 0.362. The Morgan fingerprint density at radius 3 is 2.89 bits per heavy atom. The number of oxazole rings is 1. The lowest BCUT2D eigenvalue weighted by molar-refractivity contribution is 0.0811. The average molecular weight is 247 g/mol. The summed E-state index contributed by atoms with van der Waals surface area (Å²) in [5.74, 6) is 0. The highest BCUT2D eigenvalue weighted by Gasteiger charge is 2.22. The fourth-order valence-corrected chi connectivity index (χ4v) is 2.35. The van der Waals surface area contributed by atoms with Gasteiger partial charge < -0.3 is 19.8 Å². The van der Waals surface area contributed by atoms with E-state index in [0.29, 0.717) is 17.8 Å². The molecule has 1 aromatic heterocycles. The summed E-state index contributed by atoms with van der Waals surface area (Å²) in [6.45, 7) is 1.83. The normalized spacial score (nSPS) is 17.5. The number of nitrogen functional groups attached to an aromatic ring is 1. The predicted octanol–water partition coefficient (Wildman–Crippen LogP) is 2.03. The van der Waals surface area contributed by atoms with E-state index in [9.17, 15) is 0 Å². The molecule has 5 nitrogen and oxygen atoms in total. The van der Waals surface area contributed by atoms with Crippen LogP contribution in [0.3, 0.4) is 0 Å². The third-order valence-electron chi connectivity index (χ3n) is 3.45. The molecule has 18 heavy (non-hydrogen) atoms. The Morgan fingerprint density at radius 2 is 2.17 bits per heavy atom. The van der Waals surface area contributed by atoms with E-state index in [1.807, 2.05) is 18.2 Å². The summed E-state index contributed by atoms with van der Waals surface area (Å²) in [4.78, 5) is 6.64. The summed E-state index contributed by atoms with van der Waals surface area (Å²) in [5, 5.41) is 0. The van der Waals surface area contributed by atoms with Gasteiger partial charge in [-0.05, 0) is 31.0 Å². The van der Waals surface area contributed by atoms with Gasteiger partial charge >= 0.3 is 0 Å². The number of hydrogen-bond donors (Lipinski definition) is 1. The van der Waals surface area contributed by atoms with Crippen LogP contribution < -0.4 is 10.6 Å². The number of aromatic nitrogens is 1. The Balaban J connectivity index is 1.82. The number of hydrogen-bond acceptors (Lipinski definition) is 5. The summed E-state index contributed by atoms with van der Waals surface area (Å²) >= 11 is 0. The van der Waals surface area contributed by atoms with E-state index in [1.54, 1.807) is 7.11 Å². The summed E-state index contributed by atoms with van der Waals surface area (Å²) in [6, 6.07) is 6.21. The molecule has 0 bridgehead atoms. The van der Waals surface area contributed by atoms with E-state index in [1.165, 1.54) is 0 Å². The first-order valence-corrected chi connectivity index (χ1v) is 6.20. The van der Waals surface area contributed by atoms with Crippen LogP contribution in [0.1, 0.15) is 12.8 Å². The molecule has 1 fully saturated rings. The third-order valence-corrected chi connectivity index (χ3v) is 3.45. The number of ether oxygens (including phenoxy) is 1. The molecule has 0 spiro atoms. The molecule has 5 heteroatoms. The maximum Gasteiger partial charge on any atom is 0.298 e. The smallest absolute Gasteiger partial charge is 0.298 e. The monoisotopic (exact) mass is 247 g/mol. The summed E-state index contributed by atoms with van der Waals surface area (Å²) in [6.07, 6.45) is 2.38. The first-order chi connectivity index (χ1) is 8.76. The van der Waals surface area contributed by atoms with Crippen molar-refractivity contribution in [1.82, 2.24) is 4.98 Å². The Hall–Kier alpha value is -1.75. The molecule has 2 heterocycles. The molecule has 0 amide bonds. The van der Waals surface area contributed by atoms with E-state index in [4.69, 9.17) is 14.9 Å². The highest BCUT2D eigenvalue weighted by molar-refractivity contribution is 5.78. The van der Waals surface area contributed by atoms with Crippen LogP contribution in [-0.4, -0.2) is 31.3 Å². The zero-order valence-electron chi connectivity index (χ0n) is 10.4. The number of nitrogens with two attached hydrogens (primary N) is 1. The summed E-state index contributed by atoms with van der Waals surface area (Å²) in [7, 11) is 1.77. The second-order valence-corrected chi connectivity index (χ2v) is 4.65. The molecule has 1 aliphatic rings. The molecule has 1 saturated heterocycles. The number of rotatable bonds is 2. The fraction of sp³-hybridized carbons (Fsp3) is 0.462. The minimum Gasteiger partial charge on any atom is -0.423 e. The predicted molar refractivity (Wildman–Crippen MR) is 70.7 cm³/mol. The lowest BCUT2D eigenvalue weighted by Gasteiger charge is -2.29. The van der Waals surface area contributed by atoms with Crippen molar-refractivity contribution in [3.05, 3.63) is 18.2 Å². The van der Waals surface area contributed by atoms with Gasteiger partial charge in [-0.1, -0.05) is 0 Å². The topological polar surface area (TPSA) is 64.5 Å². The van der Waals surface area contributed by atoms with Crippen LogP contribution in [0.2, 0.25) is 0 Å². The highest BCUT2D eigenvalue weighted by Crippen LogP contribution is 2.26. The van der Waals surface area contributed by atoms with E-state index in [0.717, 1.165) is 37.0 Å². The second kappa shape index (κ2) is 4.49. The Labute approximate surface area is 106 Å². The molecule has 2 N–H and O–H groups in total. The van der Waals surface area contributed by atoms with Gasteiger partial charge in [0.1, 0.15) is 5.52 Å². The van der Waals surface area contributed by atoms with Crippen molar-refractivity contribution < 1.29 is 9.15 Å². The van der Waals surface area contributed by atoms with Crippen molar-refractivity contribution in [3.63, 3.8) is 0 Å². The number of nitrogens with zero attached hydrogens (tertiary/aromatic N) is 2. The molecule has 3 rings (SSSR count). The van der Waals surface area contributed by atoms with Crippen LogP contribution in [0.4, 0.5) is 11.7 Å². The van der Waals surface area contributed by atoms with Crippen LogP contribution in [0.25, 0.3) is 11.1 Å². The summed E-state index contributed by atoms with van der Waals surface area (Å²) in [5.41, 5.74) is 8.05. The Morgan fingerprint density at radius 1 is 1.39 bits per heavy atom. The van der Waals surface area contributed by atoms with Crippen molar-refractivity contribution in [2.45, 2.75) is 18.9 Å². The SMILES string of the molecule is COC1CCN(c2nc3cc(N)ccc3o2)CC1. The zero-order valence-corrected chi connectivity index (χ0v) is 10.4. The van der Waals surface area contributed by atoms with Gasteiger partial charge in [-0.25, -0.2) is 0 Å². The summed E-state index contributed by atoms with van der Waals surface area (Å²) < 4.78 is 11.1. The maximum atomic E-state index is 5.75. The van der Waals surface area contributed by atoms with Crippen molar-refractivity contribution >= 4 is 22.8 Å². The van der Waals surface area contributed by atoms with Crippen LogP contribution in [0, 0.1) is 0 Å². The van der Waals surface area contributed by atoms with Crippen molar-refractivity contribution in [1.29, 1.82) is 0 Å². The number of benzene rings is 1. The van der Waals surface area contributed by atoms with E-state index >= 15 is 0 Å². The Bertz CT molecular complexity index is 544. The lowest BCUT2D eigenvalue weighted by atomic mass is 10.1. The molecule has 1 aromatic carbocycles. The maximum absolute atomic E-state index is 5.75. The number of piperidine rings is 1. The number of anilines is 2. The number of fused-ring (bicyclic) bond motifs is 1. The van der Waals surface area contributed by atoms with E-state index < -0.39 is 0 Å². The molecular formula is C13H17N3O2. The lowest BCUT2D eigenvalue weighted by Crippen LogP contribution is -2.36. The third kappa shape index (κ3) is 2.01. The standard InChI is InChI=1S/C13H17N3O2/c1-17-10-4-6-16(7-5-10)13-15-11-8-9(14)2-3-12(11)18-13/h2-3,8,10H,4-7,14H2,1H3. The highest BCUT2D eigenvalue weighted by atomic mass is 16.5. The second-order valence-electron chi connectivity index (χ2n) is 4.65. The molecular weight excluding hydrogens is 230 g/mol. The average Bonchev–Trinajstić information content (AvgIpc) is 2.81. The van der Waals surface area contributed by atoms with Crippen LogP contribution in [0.5, 0.6) is 0 Å². The molecule has 0 atom stereocenters. The van der Waals surface area contributed by atoms with Crippen LogP contribution in [0.15, 0.2) is 22.6 Å². The molecule has 0 unspecified atom stereocenters.